The molecular weight excluding hydrogens is 352 g/mol. The number of rotatable bonds is 5. The van der Waals surface area contributed by atoms with Gasteiger partial charge in [0.2, 0.25) is 0 Å². The van der Waals surface area contributed by atoms with Crippen LogP contribution in [-0.2, 0) is 0 Å². The molecule has 0 spiro atoms. The monoisotopic (exact) mass is 368 g/mol. The Bertz CT molecular complexity index is 619. The first-order valence-corrected chi connectivity index (χ1v) is 7.86. The van der Waals surface area contributed by atoms with Crippen molar-refractivity contribution in [2.75, 3.05) is 0 Å². The standard InChI is InChI=1S/C16H18BrClN2O/c1-10(2)21-15-6-4-3-5-12(15)16(20-19)11-7-8-13(17)14(18)9-11/h3-10,16,20H,19H2,1-2H3. The highest BCUT2D eigenvalue weighted by Gasteiger charge is 2.18. The molecule has 0 heterocycles. The molecular formula is C16H18BrClN2O. The number of hydrogen-bond donors (Lipinski definition) is 2. The summed E-state index contributed by atoms with van der Waals surface area (Å²) in [4.78, 5) is 0. The first-order chi connectivity index (χ1) is 10.0. The van der Waals surface area contributed by atoms with Crippen molar-refractivity contribution in [1.29, 1.82) is 0 Å². The van der Waals surface area contributed by atoms with Gasteiger partial charge in [-0.25, -0.2) is 5.43 Å². The highest BCUT2D eigenvalue weighted by atomic mass is 79.9. The molecule has 0 fully saturated rings. The molecule has 1 unspecified atom stereocenters. The van der Waals surface area contributed by atoms with E-state index in [0.717, 1.165) is 21.3 Å². The van der Waals surface area contributed by atoms with E-state index >= 15 is 0 Å². The Morgan fingerprint density at radius 1 is 1.19 bits per heavy atom. The molecule has 21 heavy (non-hydrogen) atoms. The number of hydrazine groups is 1. The van der Waals surface area contributed by atoms with Crippen LogP contribution in [0.3, 0.4) is 0 Å². The summed E-state index contributed by atoms with van der Waals surface area (Å²) >= 11 is 9.58. The summed E-state index contributed by atoms with van der Waals surface area (Å²) in [5, 5.41) is 0.648. The second-order valence-electron chi connectivity index (χ2n) is 4.98. The minimum absolute atomic E-state index is 0.0954. The van der Waals surface area contributed by atoms with E-state index in [1.54, 1.807) is 0 Å². The largest absolute Gasteiger partial charge is 0.491 e. The van der Waals surface area contributed by atoms with Gasteiger partial charge in [-0.2, -0.15) is 0 Å². The van der Waals surface area contributed by atoms with Gasteiger partial charge in [0, 0.05) is 10.0 Å². The lowest BCUT2D eigenvalue weighted by Crippen LogP contribution is -2.29. The maximum Gasteiger partial charge on any atom is 0.124 e. The number of nitrogens with two attached hydrogens (primary N) is 1. The fourth-order valence-corrected chi connectivity index (χ4v) is 2.57. The van der Waals surface area contributed by atoms with Gasteiger partial charge in [0.05, 0.1) is 17.2 Å². The molecule has 0 aliphatic heterocycles. The summed E-state index contributed by atoms with van der Waals surface area (Å²) in [6.07, 6.45) is 0.0954. The predicted molar refractivity (Wildman–Crippen MR) is 90.5 cm³/mol. The van der Waals surface area contributed by atoms with Crippen LogP contribution < -0.4 is 16.0 Å². The lowest BCUT2D eigenvalue weighted by Gasteiger charge is -2.22. The van der Waals surface area contributed by atoms with Crippen molar-refractivity contribution in [3.05, 3.63) is 63.1 Å². The quantitative estimate of drug-likeness (QED) is 0.605. The van der Waals surface area contributed by atoms with Crippen molar-refractivity contribution < 1.29 is 4.74 Å². The summed E-state index contributed by atoms with van der Waals surface area (Å²) in [6, 6.07) is 13.4. The van der Waals surface area contributed by atoms with Crippen LogP contribution in [0.2, 0.25) is 5.02 Å². The summed E-state index contributed by atoms with van der Waals surface area (Å²) in [5.41, 5.74) is 4.80. The lowest BCUT2D eigenvalue weighted by molar-refractivity contribution is 0.238. The molecule has 1 atom stereocenters. The Morgan fingerprint density at radius 2 is 1.90 bits per heavy atom. The van der Waals surface area contributed by atoms with E-state index in [0.29, 0.717) is 5.02 Å². The van der Waals surface area contributed by atoms with E-state index in [1.807, 2.05) is 56.3 Å². The van der Waals surface area contributed by atoms with Crippen LogP contribution in [0.5, 0.6) is 5.75 Å². The van der Waals surface area contributed by atoms with Crippen LogP contribution in [0, 0.1) is 0 Å². The number of benzene rings is 2. The molecule has 112 valence electrons. The third-order valence-electron chi connectivity index (χ3n) is 3.04. The summed E-state index contributed by atoms with van der Waals surface area (Å²) in [6.45, 7) is 4.00. The van der Waals surface area contributed by atoms with E-state index in [-0.39, 0.29) is 12.1 Å². The zero-order valence-electron chi connectivity index (χ0n) is 11.9. The van der Waals surface area contributed by atoms with Gasteiger partial charge in [-0.1, -0.05) is 35.9 Å². The number of nitrogens with one attached hydrogen (secondary N) is 1. The Morgan fingerprint density at radius 3 is 2.52 bits per heavy atom. The van der Waals surface area contributed by atoms with Crippen molar-refractivity contribution in [3.63, 3.8) is 0 Å². The molecule has 0 aliphatic carbocycles. The SMILES string of the molecule is CC(C)Oc1ccccc1C(NN)c1ccc(Br)c(Cl)c1. The van der Waals surface area contributed by atoms with Crippen molar-refractivity contribution in [2.24, 2.45) is 5.84 Å². The Balaban J connectivity index is 2.43. The zero-order valence-corrected chi connectivity index (χ0v) is 14.3. The van der Waals surface area contributed by atoms with Crippen LogP contribution in [0.4, 0.5) is 0 Å². The summed E-state index contributed by atoms with van der Waals surface area (Å²) in [7, 11) is 0. The summed E-state index contributed by atoms with van der Waals surface area (Å²) in [5.74, 6) is 6.58. The third kappa shape index (κ3) is 3.98. The first kappa shape index (κ1) is 16.3. The van der Waals surface area contributed by atoms with Crippen LogP contribution in [-0.4, -0.2) is 6.10 Å². The van der Waals surface area contributed by atoms with Crippen molar-refractivity contribution in [1.82, 2.24) is 5.43 Å². The Kier molecular flexibility index (Phi) is 5.65. The smallest absolute Gasteiger partial charge is 0.124 e. The fourth-order valence-electron chi connectivity index (χ4n) is 2.14. The molecule has 3 nitrogen and oxygen atoms in total. The highest BCUT2D eigenvalue weighted by molar-refractivity contribution is 9.10. The van der Waals surface area contributed by atoms with Gasteiger partial charge in [-0.15, -0.1) is 0 Å². The highest BCUT2D eigenvalue weighted by Crippen LogP contribution is 2.33. The lowest BCUT2D eigenvalue weighted by atomic mass is 9.98. The topological polar surface area (TPSA) is 47.3 Å². The second-order valence-corrected chi connectivity index (χ2v) is 6.24. The van der Waals surface area contributed by atoms with Crippen molar-refractivity contribution in [2.45, 2.75) is 26.0 Å². The fraction of sp³-hybridized carbons (Fsp3) is 0.250. The van der Waals surface area contributed by atoms with Crippen LogP contribution >= 0.6 is 27.5 Å². The van der Waals surface area contributed by atoms with Gasteiger partial charge < -0.3 is 4.74 Å². The number of para-hydroxylation sites is 1. The molecule has 0 amide bonds. The maximum atomic E-state index is 6.18. The predicted octanol–water partition coefficient (Wildman–Crippen LogP) is 4.44. The van der Waals surface area contributed by atoms with Gasteiger partial charge >= 0.3 is 0 Å². The van der Waals surface area contributed by atoms with E-state index in [9.17, 15) is 0 Å². The molecule has 2 aromatic rings. The molecule has 0 bridgehead atoms. The van der Waals surface area contributed by atoms with Crippen LogP contribution in [0.1, 0.15) is 31.0 Å². The van der Waals surface area contributed by atoms with Gasteiger partial charge in [0.1, 0.15) is 5.75 Å². The maximum absolute atomic E-state index is 6.18. The average molecular weight is 370 g/mol. The zero-order chi connectivity index (χ0) is 15.4. The van der Waals surface area contributed by atoms with Gasteiger partial charge in [0.25, 0.3) is 0 Å². The molecule has 0 aromatic heterocycles. The molecule has 0 saturated carbocycles. The van der Waals surface area contributed by atoms with Gasteiger partial charge in [-0.3, -0.25) is 5.84 Å². The number of hydrogen-bond acceptors (Lipinski definition) is 3. The number of ether oxygens (including phenoxy) is 1. The molecule has 0 saturated heterocycles. The molecule has 0 aliphatic rings. The summed E-state index contributed by atoms with van der Waals surface area (Å²) < 4.78 is 6.72. The number of halogens is 2. The minimum Gasteiger partial charge on any atom is -0.491 e. The van der Waals surface area contributed by atoms with Crippen molar-refractivity contribution in [3.8, 4) is 5.75 Å². The third-order valence-corrected chi connectivity index (χ3v) is 4.27. The van der Waals surface area contributed by atoms with Crippen LogP contribution in [0.25, 0.3) is 0 Å². The Hall–Kier alpha value is -1.07. The molecule has 0 radical (unpaired) electrons. The first-order valence-electron chi connectivity index (χ1n) is 6.69. The van der Waals surface area contributed by atoms with E-state index < -0.39 is 0 Å². The molecule has 5 heteroatoms. The van der Waals surface area contributed by atoms with Gasteiger partial charge in [0.15, 0.2) is 0 Å². The average Bonchev–Trinajstić information content (AvgIpc) is 2.44. The Labute approximate surface area is 138 Å². The minimum atomic E-state index is -0.189. The second kappa shape index (κ2) is 7.27. The van der Waals surface area contributed by atoms with Gasteiger partial charge in [-0.05, 0) is 53.5 Å². The molecule has 3 N–H and O–H groups in total. The van der Waals surface area contributed by atoms with E-state index in [2.05, 4.69) is 21.4 Å². The van der Waals surface area contributed by atoms with E-state index in [1.165, 1.54) is 0 Å². The van der Waals surface area contributed by atoms with Crippen LogP contribution in [0.15, 0.2) is 46.9 Å². The van der Waals surface area contributed by atoms with E-state index in [4.69, 9.17) is 22.2 Å². The van der Waals surface area contributed by atoms with Crippen molar-refractivity contribution >= 4 is 27.5 Å². The normalized spacial score (nSPS) is 12.5. The molecule has 2 rings (SSSR count). The molecule has 2 aromatic carbocycles.